The van der Waals surface area contributed by atoms with Crippen molar-refractivity contribution in [3.63, 3.8) is 0 Å². The SMILES string of the molecule is CN=C(NCC(c1cccs1)N1CCOCC1)NC(C)Cc1ccc(C)s1. The maximum absolute atomic E-state index is 5.53. The summed E-state index contributed by atoms with van der Waals surface area (Å²) in [6, 6.07) is 9.45. The van der Waals surface area contributed by atoms with Crippen LogP contribution in [0.3, 0.4) is 0 Å². The molecule has 27 heavy (non-hydrogen) atoms. The van der Waals surface area contributed by atoms with Crippen LogP contribution in [0.15, 0.2) is 34.6 Å². The number of nitrogens with one attached hydrogen (secondary N) is 2. The smallest absolute Gasteiger partial charge is 0.191 e. The predicted molar refractivity (Wildman–Crippen MR) is 116 cm³/mol. The summed E-state index contributed by atoms with van der Waals surface area (Å²) in [4.78, 5) is 11.1. The Morgan fingerprint density at radius 2 is 2.11 bits per heavy atom. The summed E-state index contributed by atoms with van der Waals surface area (Å²) >= 11 is 3.69. The van der Waals surface area contributed by atoms with E-state index in [9.17, 15) is 0 Å². The van der Waals surface area contributed by atoms with E-state index in [1.807, 2.05) is 29.7 Å². The van der Waals surface area contributed by atoms with Crippen LogP contribution in [0, 0.1) is 6.92 Å². The maximum atomic E-state index is 5.53. The van der Waals surface area contributed by atoms with E-state index in [-0.39, 0.29) is 0 Å². The second-order valence-corrected chi connectivity index (χ2v) is 9.25. The molecule has 0 radical (unpaired) electrons. The molecule has 1 aliphatic rings. The van der Waals surface area contributed by atoms with Crippen molar-refractivity contribution in [3.8, 4) is 0 Å². The second kappa shape index (κ2) is 10.2. The third kappa shape index (κ3) is 6.04. The number of hydrogen-bond donors (Lipinski definition) is 2. The van der Waals surface area contributed by atoms with Gasteiger partial charge in [0.25, 0.3) is 0 Å². The summed E-state index contributed by atoms with van der Waals surface area (Å²) in [6.45, 7) is 8.78. The molecule has 2 atom stereocenters. The largest absolute Gasteiger partial charge is 0.379 e. The fourth-order valence-corrected chi connectivity index (χ4v) is 5.23. The Labute approximate surface area is 170 Å². The third-order valence-corrected chi connectivity index (χ3v) is 6.73. The number of guanidine groups is 1. The molecule has 0 spiro atoms. The Hall–Kier alpha value is -1.41. The van der Waals surface area contributed by atoms with Crippen molar-refractivity contribution in [2.75, 3.05) is 39.9 Å². The van der Waals surface area contributed by atoms with Crippen LogP contribution in [0.4, 0.5) is 0 Å². The number of ether oxygens (including phenoxy) is 1. The number of thiophene rings is 2. The summed E-state index contributed by atoms with van der Waals surface area (Å²) in [7, 11) is 1.84. The monoisotopic (exact) mass is 406 g/mol. The Kier molecular flexibility index (Phi) is 7.70. The van der Waals surface area contributed by atoms with Crippen LogP contribution < -0.4 is 10.6 Å². The summed E-state index contributed by atoms with van der Waals surface area (Å²) < 4.78 is 5.53. The van der Waals surface area contributed by atoms with E-state index in [1.54, 1.807) is 0 Å². The van der Waals surface area contributed by atoms with Crippen LogP contribution in [0.1, 0.15) is 27.6 Å². The molecule has 0 bridgehead atoms. The van der Waals surface area contributed by atoms with Crippen molar-refractivity contribution in [3.05, 3.63) is 44.3 Å². The van der Waals surface area contributed by atoms with E-state index >= 15 is 0 Å². The Morgan fingerprint density at radius 3 is 2.74 bits per heavy atom. The second-order valence-electron chi connectivity index (χ2n) is 6.89. The van der Waals surface area contributed by atoms with E-state index in [0.29, 0.717) is 12.1 Å². The fraction of sp³-hybridized carbons (Fsp3) is 0.550. The number of aliphatic imine (C=N–C) groups is 1. The third-order valence-electron chi connectivity index (χ3n) is 4.73. The van der Waals surface area contributed by atoms with Gasteiger partial charge in [-0.05, 0) is 37.4 Å². The van der Waals surface area contributed by atoms with Crippen LogP contribution in [0.2, 0.25) is 0 Å². The van der Waals surface area contributed by atoms with Crippen molar-refractivity contribution >= 4 is 28.6 Å². The van der Waals surface area contributed by atoms with E-state index in [0.717, 1.165) is 45.2 Å². The van der Waals surface area contributed by atoms with Gasteiger partial charge < -0.3 is 15.4 Å². The first-order chi connectivity index (χ1) is 13.2. The molecule has 148 valence electrons. The molecule has 0 aliphatic carbocycles. The number of nitrogens with zero attached hydrogens (tertiary/aromatic N) is 2. The molecule has 3 rings (SSSR count). The molecule has 3 heterocycles. The van der Waals surface area contributed by atoms with Crippen LogP contribution in [0.25, 0.3) is 0 Å². The highest BCUT2D eigenvalue weighted by Gasteiger charge is 2.23. The predicted octanol–water partition coefficient (Wildman–Crippen LogP) is 3.29. The first-order valence-corrected chi connectivity index (χ1v) is 11.2. The topological polar surface area (TPSA) is 48.9 Å². The zero-order valence-electron chi connectivity index (χ0n) is 16.4. The van der Waals surface area contributed by atoms with E-state index < -0.39 is 0 Å². The van der Waals surface area contributed by atoms with Crippen molar-refractivity contribution in [2.45, 2.75) is 32.4 Å². The van der Waals surface area contributed by atoms with Gasteiger partial charge in [-0.1, -0.05) is 6.07 Å². The highest BCUT2D eigenvalue weighted by Crippen LogP contribution is 2.25. The van der Waals surface area contributed by atoms with Crippen LogP contribution in [-0.2, 0) is 11.2 Å². The molecular weight excluding hydrogens is 376 g/mol. The first kappa shape index (κ1) is 20.3. The van der Waals surface area contributed by atoms with Crippen LogP contribution in [-0.4, -0.2) is 56.8 Å². The number of rotatable bonds is 7. The Balaban J connectivity index is 1.55. The van der Waals surface area contributed by atoms with E-state index in [4.69, 9.17) is 4.74 Å². The van der Waals surface area contributed by atoms with Gasteiger partial charge in [0.2, 0.25) is 0 Å². The van der Waals surface area contributed by atoms with Gasteiger partial charge in [0.15, 0.2) is 5.96 Å². The van der Waals surface area contributed by atoms with Crippen molar-refractivity contribution in [1.29, 1.82) is 0 Å². The minimum absolute atomic E-state index is 0.331. The number of aryl methyl sites for hydroxylation is 1. The molecule has 0 saturated carbocycles. The minimum atomic E-state index is 0.331. The van der Waals surface area contributed by atoms with Crippen molar-refractivity contribution in [1.82, 2.24) is 15.5 Å². The van der Waals surface area contributed by atoms with E-state index in [1.165, 1.54) is 14.6 Å². The average molecular weight is 407 g/mol. The first-order valence-electron chi connectivity index (χ1n) is 9.53. The molecule has 1 fully saturated rings. The molecular formula is C20H30N4OS2. The zero-order chi connectivity index (χ0) is 19.1. The summed E-state index contributed by atoms with van der Waals surface area (Å²) in [5, 5.41) is 9.23. The van der Waals surface area contributed by atoms with Gasteiger partial charge in [-0.15, -0.1) is 22.7 Å². The van der Waals surface area contributed by atoms with Gasteiger partial charge in [0.1, 0.15) is 0 Å². The number of hydrogen-bond acceptors (Lipinski definition) is 5. The zero-order valence-corrected chi connectivity index (χ0v) is 18.0. The molecule has 0 aromatic carbocycles. The van der Waals surface area contributed by atoms with Gasteiger partial charge in [0.05, 0.1) is 19.3 Å². The van der Waals surface area contributed by atoms with Crippen molar-refractivity contribution in [2.24, 2.45) is 4.99 Å². The lowest BCUT2D eigenvalue weighted by Gasteiger charge is -2.34. The average Bonchev–Trinajstić information content (AvgIpc) is 3.34. The Bertz CT molecular complexity index is 707. The van der Waals surface area contributed by atoms with Gasteiger partial charge >= 0.3 is 0 Å². The molecule has 1 saturated heterocycles. The summed E-state index contributed by atoms with van der Waals surface area (Å²) in [6.07, 6.45) is 1.01. The highest BCUT2D eigenvalue weighted by atomic mass is 32.1. The highest BCUT2D eigenvalue weighted by molar-refractivity contribution is 7.11. The van der Waals surface area contributed by atoms with Gasteiger partial charge in [-0.3, -0.25) is 9.89 Å². The molecule has 7 heteroatoms. The molecule has 2 aromatic heterocycles. The molecule has 2 aromatic rings. The molecule has 1 aliphatic heterocycles. The summed E-state index contributed by atoms with van der Waals surface area (Å²) in [5.41, 5.74) is 0. The Morgan fingerprint density at radius 1 is 1.30 bits per heavy atom. The van der Waals surface area contributed by atoms with Crippen molar-refractivity contribution < 1.29 is 4.74 Å². The minimum Gasteiger partial charge on any atom is -0.379 e. The molecule has 2 N–H and O–H groups in total. The maximum Gasteiger partial charge on any atom is 0.191 e. The van der Waals surface area contributed by atoms with Gasteiger partial charge in [-0.25, -0.2) is 0 Å². The lowest BCUT2D eigenvalue weighted by Crippen LogP contribution is -2.48. The van der Waals surface area contributed by atoms with E-state index in [2.05, 4.69) is 64.0 Å². The van der Waals surface area contributed by atoms with Crippen LogP contribution >= 0.6 is 22.7 Å². The van der Waals surface area contributed by atoms with Gasteiger partial charge in [0, 0.05) is 53.8 Å². The number of morpholine rings is 1. The normalized spacial score (nSPS) is 18.3. The lowest BCUT2D eigenvalue weighted by atomic mass is 10.2. The summed E-state index contributed by atoms with van der Waals surface area (Å²) in [5.74, 6) is 0.866. The lowest BCUT2D eigenvalue weighted by molar-refractivity contribution is 0.0177. The fourth-order valence-electron chi connectivity index (χ4n) is 3.35. The molecule has 5 nitrogen and oxygen atoms in total. The standard InChI is InChI=1S/C20H30N4OS2/c1-15(13-17-7-6-16(2)27-17)23-20(21-3)22-14-18(19-5-4-12-26-19)24-8-10-25-11-9-24/h4-7,12,15,18H,8-11,13-14H2,1-3H3,(H2,21,22,23). The van der Waals surface area contributed by atoms with Gasteiger partial charge in [-0.2, -0.15) is 0 Å². The van der Waals surface area contributed by atoms with Crippen LogP contribution in [0.5, 0.6) is 0 Å². The molecule has 2 unspecified atom stereocenters. The quantitative estimate of drug-likeness (QED) is 0.547. The molecule has 0 amide bonds.